The van der Waals surface area contributed by atoms with E-state index in [1.807, 2.05) is 48.0 Å². The van der Waals surface area contributed by atoms with Crippen molar-refractivity contribution in [2.75, 3.05) is 33.9 Å². The molecule has 2 fully saturated rings. The number of rotatable bonds is 11. The Hall–Kier alpha value is -4.95. The highest BCUT2D eigenvalue weighted by Crippen LogP contribution is 2.42. The van der Waals surface area contributed by atoms with Crippen molar-refractivity contribution >= 4 is 40.8 Å². The molecule has 1 aromatic carbocycles. The summed E-state index contributed by atoms with van der Waals surface area (Å²) in [6, 6.07) is 12.5. The first-order chi connectivity index (χ1) is 24.9. The minimum Gasteiger partial charge on any atom is -0.493 e. The monoisotopic (exact) mass is 745 g/mol. The number of aliphatic hydroxyl groups is 1. The Kier molecular flexibility index (Phi) is 9.70. The number of ether oxygens (including phenoxy) is 2. The van der Waals surface area contributed by atoms with Crippen LogP contribution in [0, 0.1) is 0 Å². The van der Waals surface area contributed by atoms with Crippen molar-refractivity contribution in [3.8, 4) is 45.3 Å². The lowest BCUT2D eigenvalue weighted by molar-refractivity contribution is -0.119. The van der Waals surface area contributed by atoms with Crippen LogP contribution in [0.1, 0.15) is 31.0 Å². The SMILES string of the molecule is COc1nc(-c2cccc(-c3ccnc(-c4cc(OC)c5nc(CN6CC(C)(O)C6)cn5c4)c3Cl)c2Cl)ccc1CN(C[C@@H]1CCC(=O)N1)C(=O)O. The number of imidazole rings is 1. The van der Waals surface area contributed by atoms with Crippen molar-refractivity contribution in [3.63, 3.8) is 0 Å². The van der Waals surface area contributed by atoms with Gasteiger partial charge in [0.1, 0.15) is 0 Å². The molecule has 13 nitrogen and oxygen atoms in total. The number of nitrogens with one attached hydrogen (secondary N) is 1. The summed E-state index contributed by atoms with van der Waals surface area (Å²) < 4.78 is 13.2. The van der Waals surface area contributed by atoms with Crippen molar-refractivity contribution in [1.82, 2.24) is 34.5 Å². The summed E-state index contributed by atoms with van der Waals surface area (Å²) in [4.78, 5) is 41.2. The number of β-amino-alcohol motifs (C(OH)–C–C–N with tert-alkyl or cyclic N) is 1. The Morgan fingerprint density at radius 2 is 1.83 bits per heavy atom. The second kappa shape index (κ2) is 14.2. The van der Waals surface area contributed by atoms with Gasteiger partial charge >= 0.3 is 6.09 Å². The molecule has 5 aromatic rings. The lowest BCUT2D eigenvalue weighted by Gasteiger charge is -2.43. The molecule has 0 radical (unpaired) electrons. The van der Waals surface area contributed by atoms with E-state index >= 15 is 0 Å². The summed E-state index contributed by atoms with van der Waals surface area (Å²) in [6.45, 7) is 3.78. The van der Waals surface area contributed by atoms with E-state index in [1.165, 1.54) is 12.0 Å². The third-order valence-corrected chi connectivity index (χ3v) is 10.1. The molecule has 2 amide bonds. The van der Waals surface area contributed by atoms with Crippen molar-refractivity contribution in [2.45, 2.75) is 44.5 Å². The number of likely N-dealkylation sites (tertiary alicyclic amines) is 1. The number of aromatic nitrogens is 4. The molecular weight excluding hydrogens is 709 g/mol. The quantitative estimate of drug-likeness (QED) is 0.152. The number of nitrogens with zero attached hydrogens (tertiary/aromatic N) is 6. The van der Waals surface area contributed by atoms with Crippen molar-refractivity contribution < 1.29 is 29.3 Å². The van der Waals surface area contributed by atoms with Gasteiger partial charge in [0.05, 0.1) is 53.5 Å². The van der Waals surface area contributed by atoms with E-state index in [2.05, 4.69) is 15.2 Å². The molecule has 52 heavy (non-hydrogen) atoms. The van der Waals surface area contributed by atoms with E-state index in [1.54, 1.807) is 31.5 Å². The minimum atomic E-state index is -1.11. The van der Waals surface area contributed by atoms with Crippen molar-refractivity contribution in [3.05, 3.63) is 82.4 Å². The summed E-state index contributed by atoms with van der Waals surface area (Å²) in [5.74, 6) is 0.736. The van der Waals surface area contributed by atoms with Gasteiger partial charge in [-0.1, -0.05) is 41.4 Å². The average molecular weight is 747 g/mol. The van der Waals surface area contributed by atoms with Crippen LogP contribution in [0.4, 0.5) is 4.79 Å². The zero-order valence-electron chi connectivity index (χ0n) is 28.8. The Balaban J connectivity index is 1.17. The molecule has 4 aromatic heterocycles. The zero-order valence-corrected chi connectivity index (χ0v) is 30.3. The van der Waals surface area contributed by atoms with Crippen LogP contribution in [0.3, 0.4) is 0 Å². The normalized spacial score (nSPS) is 16.8. The second-order valence-electron chi connectivity index (χ2n) is 13.4. The van der Waals surface area contributed by atoms with Crippen LogP contribution < -0.4 is 14.8 Å². The maximum atomic E-state index is 12.1. The number of fused-ring (bicyclic) bond motifs is 1. The number of carbonyl (C=O) groups excluding carboxylic acids is 1. The van der Waals surface area contributed by atoms with Gasteiger partial charge in [0, 0.05) is 85.0 Å². The summed E-state index contributed by atoms with van der Waals surface area (Å²) in [5, 5.41) is 23.6. The number of hydrogen-bond acceptors (Lipinski definition) is 9. The van der Waals surface area contributed by atoms with Crippen molar-refractivity contribution in [2.24, 2.45) is 0 Å². The Morgan fingerprint density at radius 1 is 1.06 bits per heavy atom. The number of hydrogen-bond donors (Lipinski definition) is 3. The summed E-state index contributed by atoms with van der Waals surface area (Å²) >= 11 is 14.2. The van der Waals surface area contributed by atoms with Gasteiger partial charge in [-0.2, -0.15) is 0 Å². The van der Waals surface area contributed by atoms with Gasteiger partial charge < -0.3 is 34.3 Å². The molecule has 2 saturated heterocycles. The van der Waals surface area contributed by atoms with E-state index in [0.29, 0.717) is 93.1 Å². The fraction of sp³-hybridized carbons (Fsp3) is 0.324. The van der Waals surface area contributed by atoms with E-state index in [4.69, 9.17) is 42.6 Å². The summed E-state index contributed by atoms with van der Waals surface area (Å²) in [5.41, 5.74) is 5.12. The number of methoxy groups -OCH3 is 2. The van der Waals surface area contributed by atoms with Crippen LogP contribution in [-0.2, 0) is 17.9 Å². The molecule has 2 aliphatic rings. The fourth-order valence-electron chi connectivity index (χ4n) is 6.94. The zero-order chi connectivity index (χ0) is 36.7. The molecule has 3 N–H and O–H groups in total. The number of carboxylic acid groups (broad SMARTS) is 1. The third-order valence-electron chi connectivity index (χ3n) is 9.32. The highest BCUT2D eigenvalue weighted by Gasteiger charge is 2.36. The van der Waals surface area contributed by atoms with Crippen LogP contribution in [0.15, 0.2) is 61.1 Å². The Bertz CT molecular complexity index is 2180. The molecule has 0 unspecified atom stereocenters. The minimum absolute atomic E-state index is 0.0277. The maximum Gasteiger partial charge on any atom is 0.407 e. The number of carbonyl (C=O) groups is 2. The van der Waals surface area contributed by atoms with Gasteiger partial charge in [0.25, 0.3) is 0 Å². The van der Waals surface area contributed by atoms with Crippen LogP contribution in [0.2, 0.25) is 10.0 Å². The average Bonchev–Trinajstić information content (AvgIpc) is 3.72. The summed E-state index contributed by atoms with van der Waals surface area (Å²) in [7, 11) is 3.06. The summed E-state index contributed by atoms with van der Waals surface area (Å²) in [6.07, 6.45) is 5.37. The molecule has 7 rings (SSSR count). The molecule has 15 heteroatoms. The standard InChI is InChI=1S/C37H37Cl2N7O6/c1-37(50)19-44(20-37)16-24-18-45-15-22(13-29(51-2)34(45)42-24)33-32(39)26(11-12-40-33)25-5-4-6-27(31(25)38)28-9-7-21(35(43-28)52-3)14-46(36(48)49)17-23-8-10-30(47)41-23/h4-7,9,11-13,15,18,23,50H,8,10,14,16-17,19-20H2,1-3H3,(H,41,47)(H,48,49)/t23-/m0/s1. The molecule has 2 aliphatic heterocycles. The van der Waals surface area contributed by atoms with Gasteiger partial charge in [-0.3, -0.25) is 14.7 Å². The molecule has 1 atom stereocenters. The van der Waals surface area contributed by atoms with Crippen LogP contribution in [0.25, 0.3) is 39.3 Å². The second-order valence-corrected chi connectivity index (χ2v) is 14.2. The molecular formula is C37H37Cl2N7O6. The number of amides is 2. The van der Waals surface area contributed by atoms with Crippen LogP contribution >= 0.6 is 23.2 Å². The van der Waals surface area contributed by atoms with E-state index in [9.17, 15) is 19.8 Å². The van der Waals surface area contributed by atoms with E-state index < -0.39 is 11.7 Å². The first-order valence-corrected chi connectivity index (χ1v) is 17.4. The fourth-order valence-corrected chi connectivity index (χ4v) is 7.58. The predicted octanol–water partition coefficient (Wildman–Crippen LogP) is 5.77. The third kappa shape index (κ3) is 7.09. The maximum absolute atomic E-state index is 12.1. The highest BCUT2D eigenvalue weighted by molar-refractivity contribution is 6.39. The highest BCUT2D eigenvalue weighted by atomic mass is 35.5. The van der Waals surface area contributed by atoms with Crippen molar-refractivity contribution in [1.29, 1.82) is 0 Å². The first-order valence-electron chi connectivity index (χ1n) is 16.7. The molecule has 270 valence electrons. The number of halogens is 2. The smallest absolute Gasteiger partial charge is 0.407 e. The van der Waals surface area contributed by atoms with Gasteiger partial charge in [-0.25, -0.2) is 14.8 Å². The lowest BCUT2D eigenvalue weighted by atomic mass is 9.97. The van der Waals surface area contributed by atoms with Crippen LogP contribution in [-0.4, -0.2) is 96.9 Å². The predicted molar refractivity (Wildman–Crippen MR) is 196 cm³/mol. The van der Waals surface area contributed by atoms with Gasteiger partial charge in [0.2, 0.25) is 11.8 Å². The molecule has 0 bridgehead atoms. The topological polar surface area (TPSA) is 155 Å². The van der Waals surface area contributed by atoms with E-state index in [0.717, 1.165) is 5.69 Å². The van der Waals surface area contributed by atoms with Crippen LogP contribution in [0.5, 0.6) is 11.6 Å². The Labute approximate surface area is 309 Å². The lowest BCUT2D eigenvalue weighted by Crippen LogP contribution is -2.59. The Morgan fingerprint density at radius 3 is 2.52 bits per heavy atom. The first kappa shape index (κ1) is 35.5. The molecule has 6 heterocycles. The van der Waals surface area contributed by atoms with E-state index in [-0.39, 0.29) is 30.9 Å². The molecule has 0 spiro atoms. The largest absolute Gasteiger partial charge is 0.493 e. The number of benzene rings is 1. The molecule has 0 saturated carbocycles. The van der Waals surface area contributed by atoms with Gasteiger partial charge in [-0.05, 0) is 37.6 Å². The number of pyridine rings is 3. The molecule has 0 aliphatic carbocycles. The van der Waals surface area contributed by atoms with Gasteiger partial charge in [0.15, 0.2) is 11.4 Å². The van der Waals surface area contributed by atoms with Gasteiger partial charge in [-0.15, -0.1) is 0 Å².